The van der Waals surface area contributed by atoms with E-state index in [0.29, 0.717) is 13.1 Å². The Kier molecular flexibility index (Phi) is 5.09. The Balaban J connectivity index is 1.43. The van der Waals surface area contributed by atoms with Crippen LogP contribution in [0.1, 0.15) is 48.1 Å². The summed E-state index contributed by atoms with van der Waals surface area (Å²) in [5.41, 5.74) is 3.73. The minimum absolute atomic E-state index is 0.00385. The van der Waals surface area contributed by atoms with Gasteiger partial charge in [0.1, 0.15) is 5.82 Å². The van der Waals surface area contributed by atoms with Gasteiger partial charge in [-0.05, 0) is 29.7 Å². The van der Waals surface area contributed by atoms with Gasteiger partial charge in [-0.2, -0.15) is 0 Å². The summed E-state index contributed by atoms with van der Waals surface area (Å²) in [4.78, 5) is 31.7. The Morgan fingerprint density at radius 2 is 1.86 bits per heavy atom. The molecule has 2 amide bonds. The van der Waals surface area contributed by atoms with Gasteiger partial charge in [-0.15, -0.1) is 0 Å². The molecule has 150 valence electrons. The number of hydrogen-bond donors (Lipinski definition) is 1. The highest BCUT2D eigenvalue weighted by molar-refractivity contribution is 5.98. The number of aryl methyl sites for hydroxylation is 1. The van der Waals surface area contributed by atoms with E-state index >= 15 is 0 Å². The van der Waals surface area contributed by atoms with Gasteiger partial charge in [0.05, 0.1) is 17.1 Å². The lowest BCUT2D eigenvalue weighted by Crippen LogP contribution is -2.36. The molecule has 0 saturated heterocycles. The summed E-state index contributed by atoms with van der Waals surface area (Å²) in [6, 6.07) is 15.4. The van der Waals surface area contributed by atoms with Crippen molar-refractivity contribution < 1.29 is 9.59 Å². The number of amides is 2. The second-order valence-electron chi connectivity index (χ2n) is 7.94. The Morgan fingerprint density at radius 1 is 1.14 bits per heavy atom. The number of nitrogens with one attached hydrogen (secondary N) is 1. The van der Waals surface area contributed by atoms with E-state index < -0.39 is 0 Å². The summed E-state index contributed by atoms with van der Waals surface area (Å²) < 4.78 is 2.04. The third-order valence-electron chi connectivity index (χ3n) is 5.59. The molecule has 1 aromatic heterocycles. The quantitative estimate of drug-likeness (QED) is 0.701. The van der Waals surface area contributed by atoms with E-state index in [4.69, 9.17) is 4.98 Å². The highest BCUT2D eigenvalue weighted by Gasteiger charge is 2.28. The normalized spacial score (nSPS) is 14.5. The fourth-order valence-corrected chi connectivity index (χ4v) is 3.95. The summed E-state index contributed by atoms with van der Waals surface area (Å²) in [5, 5.41) is 3.13. The molecule has 1 N–H and O–H groups in total. The van der Waals surface area contributed by atoms with Crippen LogP contribution in [0.2, 0.25) is 0 Å². The van der Waals surface area contributed by atoms with Crippen LogP contribution >= 0.6 is 0 Å². The molecule has 0 radical (unpaired) electrons. The first-order chi connectivity index (χ1) is 14.0. The predicted molar refractivity (Wildman–Crippen MR) is 112 cm³/mol. The van der Waals surface area contributed by atoms with Crippen molar-refractivity contribution in [3.8, 4) is 0 Å². The number of rotatable bonds is 6. The van der Waals surface area contributed by atoms with Crippen LogP contribution < -0.4 is 5.32 Å². The van der Waals surface area contributed by atoms with Crippen molar-refractivity contribution >= 4 is 22.8 Å². The topological polar surface area (TPSA) is 67.2 Å². The van der Waals surface area contributed by atoms with Crippen LogP contribution in [0.3, 0.4) is 0 Å². The van der Waals surface area contributed by atoms with Crippen LogP contribution in [0.4, 0.5) is 0 Å². The van der Waals surface area contributed by atoms with Crippen molar-refractivity contribution in [3.63, 3.8) is 0 Å². The molecule has 0 fully saturated rings. The van der Waals surface area contributed by atoms with Gasteiger partial charge in [0.2, 0.25) is 5.91 Å². The largest absolute Gasteiger partial charge is 0.346 e. The molecular formula is C23H26N4O2. The SMILES string of the molecule is CC(C)[C@@H](NC(=O)CCN1Cc2ccccc2C1=O)c1nc2ccccc2n1C. The zero-order valence-electron chi connectivity index (χ0n) is 17.1. The van der Waals surface area contributed by atoms with E-state index in [0.717, 1.165) is 28.0 Å². The van der Waals surface area contributed by atoms with Gasteiger partial charge >= 0.3 is 0 Å². The van der Waals surface area contributed by atoms with E-state index in [9.17, 15) is 9.59 Å². The third-order valence-corrected chi connectivity index (χ3v) is 5.59. The number of aromatic nitrogens is 2. The van der Waals surface area contributed by atoms with Crippen molar-refractivity contribution in [1.82, 2.24) is 19.8 Å². The van der Waals surface area contributed by atoms with Gasteiger partial charge in [0, 0.05) is 32.1 Å². The van der Waals surface area contributed by atoms with E-state index in [-0.39, 0.29) is 30.2 Å². The lowest BCUT2D eigenvalue weighted by Gasteiger charge is -2.23. The molecule has 2 heterocycles. The Labute approximate surface area is 170 Å². The molecule has 0 aliphatic carbocycles. The molecule has 1 aliphatic rings. The minimum Gasteiger partial charge on any atom is -0.346 e. The number of para-hydroxylation sites is 2. The summed E-state index contributed by atoms with van der Waals surface area (Å²) in [6.07, 6.45) is 0.271. The Morgan fingerprint density at radius 3 is 2.59 bits per heavy atom. The van der Waals surface area contributed by atoms with Crippen molar-refractivity contribution in [1.29, 1.82) is 0 Å². The van der Waals surface area contributed by atoms with Gasteiger partial charge in [-0.1, -0.05) is 44.2 Å². The average molecular weight is 390 g/mol. The highest BCUT2D eigenvalue weighted by Crippen LogP contribution is 2.25. The van der Waals surface area contributed by atoms with Crippen molar-refractivity contribution in [2.75, 3.05) is 6.54 Å². The maximum Gasteiger partial charge on any atom is 0.254 e. The summed E-state index contributed by atoms with van der Waals surface area (Å²) in [5.74, 6) is 0.968. The predicted octanol–water partition coefficient (Wildman–Crippen LogP) is 3.43. The zero-order valence-corrected chi connectivity index (χ0v) is 17.1. The monoisotopic (exact) mass is 390 g/mol. The highest BCUT2D eigenvalue weighted by atomic mass is 16.2. The maximum absolute atomic E-state index is 12.7. The summed E-state index contributed by atoms with van der Waals surface area (Å²) in [6.45, 7) is 5.13. The van der Waals surface area contributed by atoms with E-state index in [2.05, 4.69) is 19.2 Å². The number of hydrogen-bond acceptors (Lipinski definition) is 3. The number of nitrogens with zero attached hydrogens (tertiary/aromatic N) is 3. The first-order valence-electron chi connectivity index (χ1n) is 10.0. The van der Waals surface area contributed by atoms with Gasteiger partial charge in [-0.25, -0.2) is 4.98 Å². The Hall–Kier alpha value is -3.15. The number of carbonyl (C=O) groups is 2. The van der Waals surface area contributed by atoms with Gasteiger partial charge in [0.25, 0.3) is 5.91 Å². The molecule has 0 spiro atoms. The molecule has 2 aromatic carbocycles. The first-order valence-corrected chi connectivity index (χ1v) is 10.0. The second kappa shape index (κ2) is 7.70. The molecule has 6 nitrogen and oxygen atoms in total. The van der Waals surface area contributed by atoms with Crippen LogP contribution in [0, 0.1) is 5.92 Å². The standard InChI is InChI=1S/C23H26N4O2/c1-15(2)21(22-24-18-10-6-7-11-19(18)26(22)3)25-20(28)12-13-27-14-16-8-4-5-9-17(16)23(27)29/h4-11,15,21H,12-14H2,1-3H3,(H,25,28)/t21-/m1/s1. The van der Waals surface area contributed by atoms with Gasteiger partial charge in [-0.3, -0.25) is 9.59 Å². The van der Waals surface area contributed by atoms with E-state index in [1.165, 1.54) is 0 Å². The average Bonchev–Trinajstić information content (AvgIpc) is 3.22. The van der Waals surface area contributed by atoms with Crippen molar-refractivity contribution in [2.24, 2.45) is 13.0 Å². The molecule has 0 unspecified atom stereocenters. The smallest absolute Gasteiger partial charge is 0.254 e. The van der Waals surface area contributed by atoms with Crippen molar-refractivity contribution in [2.45, 2.75) is 32.9 Å². The van der Waals surface area contributed by atoms with Crippen LogP contribution in [-0.2, 0) is 18.4 Å². The molecule has 0 saturated carbocycles. The van der Waals surface area contributed by atoms with Crippen LogP contribution in [-0.4, -0.2) is 32.8 Å². The van der Waals surface area contributed by atoms with Crippen LogP contribution in [0.15, 0.2) is 48.5 Å². The van der Waals surface area contributed by atoms with Crippen LogP contribution in [0.5, 0.6) is 0 Å². The summed E-state index contributed by atoms with van der Waals surface area (Å²) >= 11 is 0. The zero-order chi connectivity index (χ0) is 20.5. The van der Waals surface area contributed by atoms with Gasteiger partial charge < -0.3 is 14.8 Å². The molecule has 3 aromatic rings. The van der Waals surface area contributed by atoms with Gasteiger partial charge in [0.15, 0.2) is 0 Å². The minimum atomic E-state index is -0.189. The van der Waals surface area contributed by atoms with E-state index in [1.54, 1.807) is 4.90 Å². The van der Waals surface area contributed by atoms with Crippen molar-refractivity contribution in [3.05, 3.63) is 65.5 Å². The lowest BCUT2D eigenvalue weighted by molar-refractivity contribution is -0.122. The molecule has 0 bridgehead atoms. The fraction of sp³-hybridized carbons (Fsp3) is 0.348. The lowest BCUT2D eigenvalue weighted by atomic mass is 10.0. The third kappa shape index (κ3) is 3.62. The molecule has 29 heavy (non-hydrogen) atoms. The molecular weight excluding hydrogens is 364 g/mol. The van der Waals surface area contributed by atoms with E-state index in [1.807, 2.05) is 60.1 Å². The number of imidazole rings is 1. The number of carbonyl (C=O) groups excluding carboxylic acids is 2. The number of fused-ring (bicyclic) bond motifs is 2. The molecule has 4 rings (SSSR count). The summed E-state index contributed by atoms with van der Waals surface area (Å²) in [7, 11) is 1.98. The fourth-order valence-electron chi connectivity index (χ4n) is 3.95. The Bertz CT molecular complexity index is 1070. The second-order valence-corrected chi connectivity index (χ2v) is 7.94. The maximum atomic E-state index is 12.7. The van der Waals surface area contributed by atoms with Crippen LogP contribution in [0.25, 0.3) is 11.0 Å². The molecule has 1 atom stereocenters. The number of benzene rings is 2. The molecule has 1 aliphatic heterocycles. The first kappa shape index (κ1) is 19.2. The molecule has 6 heteroatoms.